The third-order valence-electron chi connectivity index (χ3n) is 4.78. The van der Waals surface area contributed by atoms with Gasteiger partial charge in [0.1, 0.15) is 11.5 Å². The maximum atomic E-state index is 12.5. The van der Waals surface area contributed by atoms with Gasteiger partial charge in [-0.25, -0.2) is 4.79 Å². The standard InChI is InChI=1S/C23H22N2O3/c26-18-13-12-16-6-4-11-22(21(16)15-18)25-23(27)24-17-7-5-10-20(14-17)28-19-8-2-1-3-9-19/h1-11,14,18,26H,12-13,15H2,(H2,24,25,27). The number of hydrogen-bond donors (Lipinski definition) is 3. The highest BCUT2D eigenvalue weighted by atomic mass is 16.5. The first-order valence-corrected chi connectivity index (χ1v) is 9.37. The SMILES string of the molecule is O=C(Nc1cccc(Oc2ccccc2)c1)Nc1cccc2c1CC(O)CC2. The number of anilines is 2. The highest BCUT2D eigenvalue weighted by Gasteiger charge is 2.20. The van der Waals surface area contributed by atoms with Crippen molar-refractivity contribution in [2.45, 2.75) is 25.4 Å². The number of rotatable bonds is 4. The fourth-order valence-electron chi connectivity index (χ4n) is 3.43. The second-order valence-electron chi connectivity index (χ2n) is 6.86. The Morgan fingerprint density at radius 3 is 2.57 bits per heavy atom. The van der Waals surface area contributed by atoms with E-state index in [1.54, 1.807) is 6.07 Å². The van der Waals surface area contributed by atoms with Crippen molar-refractivity contribution < 1.29 is 14.6 Å². The summed E-state index contributed by atoms with van der Waals surface area (Å²) in [5.74, 6) is 1.38. The molecule has 1 unspecified atom stereocenters. The molecule has 28 heavy (non-hydrogen) atoms. The number of fused-ring (bicyclic) bond motifs is 1. The number of urea groups is 1. The monoisotopic (exact) mass is 374 g/mol. The zero-order valence-corrected chi connectivity index (χ0v) is 15.4. The Bertz CT molecular complexity index is 973. The van der Waals surface area contributed by atoms with Gasteiger partial charge >= 0.3 is 6.03 Å². The van der Waals surface area contributed by atoms with E-state index < -0.39 is 0 Å². The number of ether oxygens (including phenoxy) is 1. The number of aryl methyl sites for hydroxylation is 1. The van der Waals surface area contributed by atoms with E-state index in [4.69, 9.17) is 4.74 Å². The van der Waals surface area contributed by atoms with E-state index in [9.17, 15) is 9.90 Å². The molecule has 5 heteroatoms. The highest BCUT2D eigenvalue weighted by molar-refractivity contribution is 6.00. The van der Waals surface area contributed by atoms with Crippen LogP contribution in [0.2, 0.25) is 0 Å². The minimum atomic E-state index is -0.356. The number of aliphatic hydroxyl groups excluding tert-OH is 1. The predicted octanol–water partition coefficient (Wildman–Crippen LogP) is 4.97. The Balaban J connectivity index is 1.44. The molecule has 4 rings (SSSR count). The average molecular weight is 374 g/mol. The minimum absolute atomic E-state index is 0.328. The summed E-state index contributed by atoms with van der Waals surface area (Å²) in [4.78, 5) is 12.5. The molecule has 0 saturated carbocycles. The van der Waals surface area contributed by atoms with Crippen LogP contribution in [0.4, 0.5) is 16.2 Å². The van der Waals surface area contributed by atoms with Crippen LogP contribution in [0, 0.1) is 0 Å². The van der Waals surface area contributed by atoms with Gasteiger partial charge in [-0.15, -0.1) is 0 Å². The van der Waals surface area contributed by atoms with Gasteiger partial charge in [-0.05, 0) is 54.3 Å². The Morgan fingerprint density at radius 2 is 1.71 bits per heavy atom. The number of carbonyl (C=O) groups is 1. The summed E-state index contributed by atoms with van der Waals surface area (Å²) < 4.78 is 5.81. The molecule has 1 aliphatic rings. The molecule has 5 nitrogen and oxygen atoms in total. The molecule has 0 aromatic heterocycles. The van der Waals surface area contributed by atoms with E-state index in [1.165, 1.54) is 5.56 Å². The zero-order valence-electron chi connectivity index (χ0n) is 15.4. The van der Waals surface area contributed by atoms with Crippen molar-refractivity contribution in [3.05, 3.63) is 83.9 Å². The lowest BCUT2D eigenvalue weighted by molar-refractivity contribution is 0.159. The smallest absolute Gasteiger partial charge is 0.323 e. The van der Waals surface area contributed by atoms with Crippen molar-refractivity contribution in [2.75, 3.05) is 10.6 Å². The van der Waals surface area contributed by atoms with E-state index in [0.717, 1.165) is 29.8 Å². The molecule has 0 heterocycles. The average Bonchev–Trinajstić information content (AvgIpc) is 2.69. The summed E-state index contributed by atoms with van der Waals surface area (Å²) in [5, 5.41) is 15.7. The molecule has 3 aromatic carbocycles. The molecule has 0 spiro atoms. The number of hydrogen-bond acceptors (Lipinski definition) is 3. The molecule has 3 aromatic rings. The van der Waals surface area contributed by atoms with Gasteiger partial charge in [-0.2, -0.15) is 0 Å². The molecular weight excluding hydrogens is 352 g/mol. The van der Waals surface area contributed by atoms with Crippen molar-refractivity contribution in [3.63, 3.8) is 0 Å². The first-order chi connectivity index (χ1) is 13.7. The van der Waals surface area contributed by atoms with Gasteiger partial charge in [-0.3, -0.25) is 0 Å². The predicted molar refractivity (Wildman–Crippen MR) is 110 cm³/mol. The molecule has 0 bridgehead atoms. The molecule has 0 fully saturated rings. The molecule has 0 saturated heterocycles. The van der Waals surface area contributed by atoms with E-state index in [1.807, 2.05) is 60.7 Å². The normalized spacial score (nSPS) is 15.4. The summed E-state index contributed by atoms with van der Waals surface area (Å²) in [5.41, 5.74) is 3.57. The zero-order chi connectivity index (χ0) is 19.3. The summed E-state index contributed by atoms with van der Waals surface area (Å²) in [7, 11) is 0. The quantitative estimate of drug-likeness (QED) is 0.604. The van der Waals surface area contributed by atoms with Gasteiger partial charge in [0.2, 0.25) is 0 Å². The topological polar surface area (TPSA) is 70.6 Å². The molecule has 142 valence electrons. The van der Waals surface area contributed by atoms with Crippen LogP contribution in [0.15, 0.2) is 72.8 Å². The van der Waals surface area contributed by atoms with Crippen molar-refractivity contribution >= 4 is 17.4 Å². The summed E-state index contributed by atoms with van der Waals surface area (Å²) >= 11 is 0. The van der Waals surface area contributed by atoms with Gasteiger partial charge in [0, 0.05) is 23.9 Å². The number of carbonyl (C=O) groups excluding carboxylic acids is 1. The third-order valence-corrected chi connectivity index (χ3v) is 4.78. The fraction of sp³-hybridized carbons (Fsp3) is 0.174. The van der Waals surface area contributed by atoms with E-state index in [0.29, 0.717) is 17.9 Å². The molecule has 3 N–H and O–H groups in total. The first kappa shape index (κ1) is 18.1. The van der Waals surface area contributed by atoms with E-state index >= 15 is 0 Å². The third kappa shape index (κ3) is 4.32. The number of aliphatic hydroxyl groups is 1. The Hall–Kier alpha value is -3.31. The molecule has 0 aliphatic heterocycles. The molecule has 2 amide bonds. The van der Waals surface area contributed by atoms with Crippen molar-refractivity contribution in [2.24, 2.45) is 0 Å². The van der Waals surface area contributed by atoms with Gasteiger partial charge in [-0.1, -0.05) is 36.4 Å². The van der Waals surface area contributed by atoms with Crippen LogP contribution in [0.25, 0.3) is 0 Å². The number of amides is 2. The molecule has 1 atom stereocenters. The lowest BCUT2D eigenvalue weighted by Gasteiger charge is -2.23. The van der Waals surface area contributed by atoms with Crippen molar-refractivity contribution in [1.82, 2.24) is 0 Å². The number of benzene rings is 3. The van der Waals surface area contributed by atoms with Crippen LogP contribution in [0.3, 0.4) is 0 Å². The number of para-hydroxylation sites is 1. The van der Waals surface area contributed by atoms with Crippen LogP contribution in [0.5, 0.6) is 11.5 Å². The second kappa shape index (κ2) is 8.15. The van der Waals surface area contributed by atoms with E-state index in [2.05, 4.69) is 16.7 Å². The lowest BCUT2D eigenvalue weighted by atomic mass is 9.88. The van der Waals surface area contributed by atoms with Crippen LogP contribution in [0.1, 0.15) is 17.5 Å². The van der Waals surface area contributed by atoms with Crippen LogP contribution in [-0.2, 0) is 12.8 Å². The fourth-order valence-corrected chi connectivity index (χ4v) is 3.43. The molecule has 1 aliphatic carbocycles. The largest absolute Gasteiger partial charge is 0.457 e. The Labute approximate surface area is 164 Å². The van der Waals surface area contributed by atoms with Crippen LogP contribution in [-0.4, -0.2) is 17.2 Å². The second-order valence-corrected chi connectivity index (χ2v) is 6.86. The first-order valence-electron chi connectivity index (χ1n) is 9.37. The Kier molecular flexibility index (Phi) is 5.26. The van der Waals surface area contributed by atoms with Gasteiger partial charge < -0.3 is 20.5 Å². The summed E-state index contributed by atoms with van der Waals surface area (Å²) in [6, 6.07) is 22.3. The van der Waals surface area contributed by atoms with Crippen molar-refractivity contribution in [3.8, 4) is 11.5 Å². The summed E-state index contributed by atoms with van der Waals surface area (Å²) in [6.45, 7) is 0. The van der Waals surface area contributed by atoms with Crippen molar-refractivity contribution in [1.29, 1.82) is 0 Å². The number of nitrogens with one attached hydrogen (secondary N) is 2. The van der Waals surface area contributed by atoms with E-state index in [-0.39, 0.29) is 12.1 Å². The maximum absolute atomic E-state index is 12.5. The van der Waals surface area contributed by atoms with Crippen LogP contribution < -0.4 is 15.4 Å². The molecule has 0 radical (unpaired) electrons. The summed E-state index contributed by atoms with van der Waals surface area (Å²) in [6.07, 6.45) is 1.79. The van der Waals surface area contributed by atoms with Crippen LogP contribution >= 0.6 is 0 Å². The minimum Gasteiger partial charge on any atom is -0.457 e. The Morgan fingerprint density at radius 1 is 0.929 bits per heavy atom. The van der Waals surface area contributed by atoms with Gasteiger partial charge in [0.25, 0.3) is 0 Å². The van der Waals surface area contributed by atoms with Gasteiger partial charge in [0.05, 0.1) is 6.10 Å². The lowest BCUT2D eigenvalue weighted by Crippen LogP contribution is -2.24. The van der Waals surface area contributed by atoms with Gasteiger partial charge in [0.15, 0.2) is 0 Å². The molecular formula is C23H22N2O3. The highest BCUT2D eigenvalue weighted by Crippen LogP contribution is 2.28. The maximum Gasteiger partial charge on any atom is 0.323 e.